The lowest BCUT2D eigenvalue weighted by Crippen LogP contribution is -2.53. The van der Waals surface area contributed by atoms with Crippen LogP contribution in [0.15, 0.2) is 58.4 Å². The Bertz CT molecular complexity index is 2440. The summed E-state index contributed by atoms with van der Waals surface area (Å²) in [7, 11) is 0. The molecule has 4 N–H and O–H groups in total. The van der Waals surface area contributed by atoms with E-state index in [0.717, 1.165) is 50.7 Å². The van der Waals surface area contributed by atoms with E-state index in [1.165, 1.54) is 24.5 Å². The Morgan fingerprint density at radius 2 is 1.02 bits per heavy atom. The highest BCUT2D eigenvalue weighted by Crippen LogP contribution is 2.40. The maximum absolute atomic E-state index is 13.9. The third kappa shape index (κ3) is 7.81. The van der Waals surface area contributed by atoms with Crippen molar-refractivity contribution in [1.82, 2.24) is 29.6 Å². The zero-order chi connectivity index (χ0) is 44.7. The molecule has 0 radical (unpaired) electrons. The maximum atomic E-state index is 13.9. The third-order valence-electron chi connectivity index (χ3n) is 12.7. The summed E-state index contributed by atoms with van der Waals surface area (Å²) in [5.41, 5.74) is -3.71. The number of carbonyl (C=O) groups is 4. The van der Waals surface area contributed by atoms with Gasteiger partial charge in [0, 0.05) is 74.9 Å². The van der Waals surface area contributed by atoms with Gasteiger partial charge in [-0.15, -0.1) is 0 Å². The first-order valence-corrected chi connectivity index (χ1v) is 20.6. The largest absolute Gasteiger partial charge is 0.503 e. The molecule has 0 aliphatic carbocycles. The summed E-state index contributed by atoms with van der Waals surface area (Å²) in [6.07, 6.45) is 8.82. The smallest absolute Gasteiger partial charge is 0.274 e. The van der Waals surface area contributed by atoms with Crippen molar-refractivity contribution in [2.24, 2.45) is 0 Å². The molecular weight excluding hydrogens is 817 g/mol. The standard InChI is InChI=1S/2C22H23F2N3O4/c2*1-2-22-7-3-4-8-26(12-22)21(31)17-19(29)18(28)15(11-27(17)22)20(30)25-10-13-5-6-14(23)9-16(13)24/h2*5-6,9,11,29H,2-4,7-8,10,12H2,1H3,(H,25,30). The average molecular weight is 863 g/mol. The molecule has 4 aliphatic heterocycles. The molecule has 2 saturated heterocycles. The molecule has 2 aromatic carbocycles. The van der Waals surface area contributed by atoms with Gasteiger partial charge in [0.25, 0.3) is 23.6 Å². The molecule has 0 spiro atoms. The molecule has 2 fully saturated rings. The lowest BCUT2D eigenvalue weighted by Gasteiger charge is -2.44. The number of amides is 4. The van der Waals surface area contributed by atoms with Crippen LogP contribution in [0.3, 0.4) is 0 Å². The summed E-state index contributed by atoms with van der Waals surface area (Å²) in [5, 5.41) is 26.1. The van der Waals surface area contributed by atoms with E-state index in [0.29, 0.717) is 51.2 Å². The van der Waals surface area contributed by atoms with Crippen molar-refractivity contribution in [2.75, 3.05) is 26.2 Å². The van der Waals surface area contributed by atoms with Crippen molar-refractivity contribution in [3.8, 4) is 11.5 Å². The number of benzene rings is 2. The van der Waals surface area contributed by atoms with Crippen LogP contribution in [0, 0.1) is 23.3 Å². The van der Waals surface area contributed by atoms with Gasteiger partial charge in [-0.3, -0.25) is 28.8 Å². The van der Waals surface area contributed by atoms with Crippen LogP contribution >= 0.6 is 0 Å². The minimum Gasteiger partial charge on any atom is -0.503 e. The average Bonchev–Trinajstić information content (AvgIpc) is 3.58. The van der Waals surface area contributed by atoms with Crippen molar-refractivity contribution in [1.29, 1.82) is 0 Å². The van der Waals surface area contributed by atoms with Gasteiger partial charge in [-0.2, -0.15) is 0 Å². The molecule has 14 nitrogen and oxygen atoms in total. The van der Waals surface area contributed by atoms with E-state index in [4.69, 9.17) is 0 Å². The normalized spacial score (nSPS) is 20.2. The predicted molar refractivity (Wildman–Crippen MR) is 216 cm³/mol. The lowest BCUT2D eigenvalue weighted by atomic mass is 9.87. The second-order valence-electron chi connectivity index (χ2n) is 16.2. The fraction of sp³-hybridized carbons (Fsp3) is 0.409. The van der Waals surface area contributed by atoms with Gasteiger partial charge in [-0.1, -0.05) is 26.0 Å². The summed E-state index contributed by atoms with van der Waals surface area (Å²) in [5.74, 6) is -7.11. The molecular formula is C44H46F4N6O8. The number of nitrogens with one attached hydrogen (secondary N) is 2. The number of nitrogens with zero attached hydrogens (tertiary/aromatic N) is 4. The van der Waals surface area contributed by atoms with Gasteiger partial charge in [0.2, 0.25) is 10.9 Å². The Morgan fingerprint density at radius 3 is 1.37 bits per heavy atom. The number of carbonyl (C=O) groups excluding carboxylic acids is 4. The van der Waals surface area contributed by atoms with Crippen LogP contribution < -0.4 is 21.5 Å². The van der Waals surface area contributed by atoms with Crippen LogP contribution in [0.2, 0.25) is 0 Å². The van der Waals surface area contributed by atoms with E-state index in [1.54, 1.807) is 18.9 Å². The highest BCUT2D eigenvalue weighted by Gasteiger charge is 2.46. The highest BCUT2D eigenvalue weighted by molar-refractivity contribution is 6.00. The van der Waals surface area contributed by atoms with Gasteiger partial charge >= 0.3 is 0 Å². The zero-order valence-corrected chi connectivity index (χ0v) is 34.2. The van der Waals surface area contributed by atoms with E-state index in [-0.39, 0.29) is 46.7 Å². The van der Waals surface area contributed by atoms with Crippen LogP contribution in [0.25, 0.3) is 0 Å². The molecule has 0 saturated carbocycles. The van der Waals surface area contributed by atoms with Gasteiger partial charge < -0.3 is 39.8 Å². The first-order valence-electron chi connectivity index (χ1n) is 20.6. The van der Waals surface area contributed by atoms with E-state index < -0.39 is 80.3 Å². The molecule has 4 aromatic rings. The minimum atomic E-state index is -0.956. The van der Waals surface area contributed by atoms with Crippen molar-refractivity contribution in [2.45, 2.75) is 89.4 Å². The summed E-state index contributed by atoms with van der Waals surface area (Å²) < 4.78 is 57.0. The topological polar surface area (TPSA) is 183 Å². The number of hydrogen-bond acceptors (Lipinski definition) is 8. The first kappa shape index (κ1) is 43.6. The number of aromatic nitrogens is 2. The summed E-state index contributed by atoms with van der Waals surface area (Å²) in [4.78, 5) is 80.1. The van der Waals surface area contributed by atoms with Crippen molar-refractivity contribution in [3.05, 3.63) is 126 Å². The van der Waals surface area contributed by atoms with E-state index in [2.05, 4.69) is 10.6 Å². The van der Waals surface area contributed by atoms with Gasteiger partial charge in [0.1, 0.15) is 34.4 Å². The molecule has 4 amide bonds. The zero-order valence-electron chi connectivity index (χ0n) is 34.2. The Balaban J connectivity index is 0.000000186. The first-order chi connectivity index (χ1) is 29.5. The van der Waals surface area contributed by atoms with Crippen LogP contribution in [-0.2, 0) is 24.2 Å². The van der Waals surface area contributed by atoms with Crippen molar-refractivity contribution >= 4 is 23.6 Å². The second kappa shape index (κ2) is 17.1. The Hall–Kier alpha value is -6.46. The van der Waals surface area contributed by atoms with E-state index in [9.17, 15) is 56.5 Å². The number of aromatic hydroxyl groups is 2. The van der Waals surface area contributed by atoms with E-state index in [1.807, 2.05) is 13.8 Å². The van der Waals surface area contributed by atoms with Gasteiger partial charge in [-0.05, 0) is 63.5 Å². The molecule has 2 atom stereocenters. The molecule has 2 unspecified atom stereocenters. The quantitative estimate of drug-likeness (QED) is 0.178. The number of rotatable bonds is 8. The fourth-order valence-corrected chi connectivity index (χ4v) is 9.05. The molecule has 62 heavy (non-hydrogen) atoms. The predicted octanol–water partition coefficient (Wildman–Crippen LogP) is 5.01. The van der Waals surface area contributed by atoms with Gasteiger partial charge in [-0.25, -0.2) is 17.6 Å². The minimum absolute atomic E-state index is 0.0525. The monoisotopic (exact) mass is 862 g/mol. The van der Waals surface area contributed by atoms with Gasteiger partial charge in [0.15, 0.2) is 22.9 Å². The number of halogens is 4. The molecule has 2 aromatic heterocycles. The third-order valence-corrected chi connectivity index (χ3v) is 12.7. The molecule has 328 valence electrons. The summed E-state index contributed by atoms with van der Waals surface area (Å²) >= 11 is 0. The van der Waals surface area contributed by atoms with Crippen molar-refractivity contribution in [3.63, 3.8) is 0 Å². The molecule has 4 aliphatic rings. The number of fused-ring (bicyclic) bond motifs is 8. The molecule has 18 heteroatoms. The van der Waals surface area contributed by atoms with Crippen LogP contribution in [0.1, 0.15) is 118 Å². The van der Waals surface area contributed by atoms with Gasteiger partial charge in [0.05, 0.1) is 11.1 Å². The van der Waals surface area contributed by atoms with Crippen LogP contribution in [-0.4, -0.2) is 79.0 Å². The highest BCUT2D eigenvalue weighted by atomic mass is 19.1. The Kier molecular flexibility index (Phi) is 12.1. The molecule has 8 rings (SSSR count). The Labute approximate surface area is 352 Å². The maximum Gasteiger partial charge on any atom is 0.274 e. The number of pyridine rings is 2. The van der Waals surface area contributed by atoms with Crippen LogP contribution in [0.4, 0.5) is 17.6 Å². The summed E-state index contributed by atoms with van der Waals surface area (Å²) in [6.45, 7) is 5.40. The number of hydrogen-bond donors (Lipinski definition) is 4. The second-order valence-corrected chi connectivity index (χ2v) is 16.2. The fourth-order valence-electron chi connectivity index (χ4n) is 9.05. The lowest BCUT2D eigenvalue weighted by molar-refractivity contribution is 0.0554. The molecule has 4 bridgehead atoms. The van der Waals surface area contributed by atoms with E-state index >= 15 is 0 Å². The van der Waals surface area contributed by atoms with Crippen LogP contribution in [0.5, 0.6) is 11.5 Å². The SMILES string of the molecule is CCC12CCCCN(C1)C(=O)c1c(O)c(=O)c(C(=O)NCc3ccc(F)cc3F)cn12.CCC12CCCCN(C1)C(=O)c1c(O)c(=O)c(C(=O)NCc3ccc(F)cc3F)cn12. The Morgan fingerprint density at radius 1 is 0.629 bits per heavy atom. The summed E-state index contributed by atoms with van der Waals surface area (Å²) in [6, 6.07) is 5.95. The molecule has 6 heterocycles. The van der Waals surface area contributed by atoms with Crippen molar-refractivity contribution < 1.29 is 47.0 Å².